The van der Waals surface area contributed by atoms with Crippen LogP contribution in [-0.2, 0) is 140 Å². The number of fused-ring (bicyclic) bond motifs is 2. The van der Waals surface area contributed by atoms with Gasteiger partial charge in [0.25, 0.3) is 11.9 Å². The number of benzene rings is 2. The van der Waals surface area contributed by atoms with E-state index in [9.17, 15) is 19.2 Å². The van der Waals surface area contributed by atoms with Gasteiger partial charge >= 0.3 is 11.9 Å². The van der Waals surface area contributed by atoms with E-state index in [-0.39, 0.29) is 131 Å². The zero-order valence-electron chi connectivity index (χ0n) is 13.2. The number of rotatable bonds is 0. The summed E-state index contributed by atoms with van der Waals surface area (Å²) in [5, 5.41) is 0. The van der Waals surface area contributed by atoms with Crippen molar-refractivity contribution in [3.63, 3.8) is 0 Å². The zero-order valence-corrected chi connectivity index (χ0v) is 24.6. The standard InChI is InChI=1S/2C8H3O3.4Y/c2*9-7-5-3-1-2-4-6(5)8(10)11-7;;;;/h2*1,3-4H;;;;/q2*-1;;;;. The van der Waals surface area contributed by atoms with Gasteiger partial charge in [-0.1, -0.05) is 0 Å². The SMILES string of the molecule is O=C1OC(=O)c2cc[c-]cc21.O=C1OC(=O)c2cc[c-]cc21.[Y].[Y].[Y].[Y]. The molecular formula is C16H6O6Y4-2. The van der Waals surface area contributed by atoms with Crippen molar-refractivity contribution in [1.29, 1.82) is 0 Å². The van der Waals surface area contributed by atoms with Gasteiger partial charge in [-0.25, -0.2) is 9.59 Å². The van der Waals surface area contributed by atoms with E-state index in [1.54, 1.807) is 12.1 Å². The molecule has 0 bridgehead atoms. The van der Waals surface area contributed by atoms with Gasteiger partial charge in [0.2, 0.25) is 0 Å². The van der Waals surface area contributed by atoms with Crippen molar-refractivity contribution in [1.82, 2.24) is 0 Å². The predicted molar refractivity (Wildman–Crippen MR) is 70.0 cm³/mol. The summed E-state index contributed by atoms with van der Waals surface area (Å²) in [6, 6.07) is 14.4. The second kappa shape index (κ2) is 13.4. The molecule has 26 heavy (non-hydrogen) atoms. The third-order valence-electron chi connectivity index (χ3n) is 2.98. The maximum Gasteiger partial charge on any atom is 0.321 e. The molecule has 0 spiro atoms. The van der Waals surface area contributed by atoms with Crippen LogP contribution in [0.2, 0.25) is 0 Å². The summed E-state index contributed by atoms with van der Waals surface area (Å²) in [4.78, 5) is 43.3. The van der Waals surface area contributed by atoms with Crippen LogP contribution in [0.15, 0.2) is 36.4 Å². The van der Waals surface area contributed by atoms with Crippen LogP contribution < -0.4 is 0 Å². The van der Waals surface area contributed by atoms with E-state index < -0.39 is 23.9 Å². The summed E-state index contributed by atoms with van der Waals surface area (Å²) in [5.74, 6) is -2.30. The molecule has 0 aromatic heterocycles. The minimum absolute atomic E-state index is 0. The number of hydrogen-bond donors (Lipinski definition) is 0. The maximum absolute atomic E-state index is 10.8. The van der Waals surface area contributed by atoms with Crippen molar-refractivity contribution in [2.24, 2.45) is 0 Å². The molecule has 0 N–H and O–H groups in total. The summed E-state index contributed by atoms with van der Waals surface area (Å²) in [6.45, 7) is 0. The molecule has 0 aliphatic carbocycles. The average Bonchev–Trinajstić information content (AvgIpc) is 2.99. The Balaban J connectivity index is 0. The molecule has 0 saturated carbocycles. The first-order chi connectivity index (χ1) is 10.6. The normalized spacial score (nSPS) is 12.3. The van der Waals surface area contributed by atoms with Gasteiger partial charge < -0.3 is 9.47 Å². The largest absolute Gasteiger partial charge is 0.397 e. The van der Waals surface area contributed by atoms with E-state index in [0.29, 0.717) is 22.3 Å². The minimum atomic E-state index is -0.582. The molecule has 6 nitrogen and oxygen atoms in total. The third-order valence-corrected chi connectivity index (χ3v) is 2.98. The van der Waals surface area contributed by atoms with Crippen molar-refractivity contribution >= 4 is 23.9 Å². The molecule has 2 heterocycles. The molecule has 0 saturated heterocycles. The minimum Gasteiger partial charge on any atom is -0.397 e. The van der Waals surface area contributed by atoms with Crippen LogP contribution in [-0.4, -0.2) is 23.9 Å². The van der Waals surface area contributed by atoms with Gasteiger partial charge in [-0.2, -0.15) is 48.5 Å². The van der Waals surface area contributed by atoms with E-state index in [0.717, 1.165) is 0 Å². The van der Waals surface area contributed by atoms with Crippen LogP contribution in [0.25, 0.3) is 0 Å². The van der Waals surface area contributed by atoms with Gasteiger partial charge in [0, 0.05) is 131 Å². The zero-order chi connectivity index (χ0) is 15.7. The topological polar surface area (TPSA) is 86.7 Å². The van der Waals surface area contributed by atoms with Gasteiger partial charge in [0.15, 0.2) is 0 Å². The Morgan fingerprint density at radius 3 is 1.15 bits per heavy atom. The number of carbonyl (C=O) groups is 4. The first kappa shape index (κ1) is 29.3. The first-order valence-corrected chi connectivity index (χ1v) is 6.11. The predicted octanol–water partition coefficient (Wildman–Crippen LogP) is 1.58. The average molecular weight is 650 g/mol. The summed E-state index contributed by atoms with van der Waals surface area (Å²) >= 11 is 0. The fourth-order valence-electron chi connectivity index (χ4n) is 1.94. The molecular weight excluding hydrogens is 644 g/mol. The van der Waals surface area contributed by atoms with Crippen molar-refractivity contribution in [2.75, 3.05) is 0 Å². The molecule has 2 aromatic rings. The van der Waals surface area contributed by atoms with Crippen LogP contribution >= 0.6 is 0 Å². The van der Waals surface area contributed by atoms with Crippen molar-refractivity contribution in [2.45, 2.75) is 0 Å². The molecule has 0 atom stereocenters. The first-order valence-electron chi connectivity index (χ1n) is 6.11. The smallest absolute Gasteiger partial charge is 0.321 e. The fraction of sp³-hybridized carbons (Fsp3) is 0. The second-order valence-corrected chi connectivity index (χ2v) is 4.30. The summed E-state index contributed by atoms with van der Waals surface area (Å²) < 4.78 is 8.67. The number of esters is 4. The summed E-state index contributed by atoms with van der Waals surface area (Å²) in [7, 11) is 0. The van der Waals surface area contributed by atoms with Crippen LogP contribution in [0.1, 0.15) is 41.4 Å². The molecule has 120 valence electrons. The summed E-state index contributed by atoms with van der Waals surface area (Å²) in [5.41, 5.74) is 1.26. The van der Waals surface area contributed by atoms with Gasteiger partial charge in [0.05, 0.1) is 0 Å². The van der Waals surface area contributed by atoms with E-state index in [2.05, 4.69) is 21.6 Å². The molecule has 4 rings (SSSR count). The molecule has 10 heteroatoms. The Bertz CT molecular complexity index is 701. The molecule has 0 amide bonds. The molecule has 2 aromatic carbocycles. The Kier molecular flexibility index (Phi) is 15.1. The second-order valence-electron chi connectivity index (χ2n) is 4.30. The molecule has 0 fully saturated rings. The number of cyclic esters (lactones) is 4. The van der Waals surface area contributed by atoms with E-state index in [1.165, 1.54) is 24.3 Å². The Hall–Kier alpha value is 1.14. The molecule has 2 aliphatic heterocycles. The van der Waals surface area contributed by atoms with Crippen molar-refractivity contribution in [3.8, 4) is 0 Å². The number of hydrogen-bond acceptors (Lipinski definition) is 6. The molecule has 2 aliphatic rings. The van der Waals surface area contributed by atoms with Gasteiger partial charge in [-0.3, -0.25) is 9.59 Å². The monoisotopic (exact) mass is 650 g/mol. The number of carbonyl (C=O) groups excluding carboxylic acids is 4. The Morgan fingerprint density at radius 2 is 0.846 bits per heavy atom. The van der Waals surface area contributed by atoms with Crippen LogP contribution in [0.4, 0.5) is 0 Å². The molecule has 4 radical (unpaired) electrons. The molecule has 0 unspecified atom stereocenters. The number of ether oxygens (including phenoxy) is 2. The fourth-order valence-corrected chi connectivity index (χ4v) is 1.94. The maximum atomic E-state index is 10.8. The Morgan fingerprint density at radius 1 is 0.538 bits per heavy atom. The van der Waals surface area contributed by atoms with Crippen molar-refractivity contribution < 1.29 is 159 Å². The van der Waals surface area contributed by atoms with E-state index in [4.69, 9.17) is 0 Å². The van der Waals surface area contributed by atoms with E-state index in [1.807, 2.05) is 0 Å². The van der Waals surface area contributed by atoms with Crippen LogP contribution in [0.5, 0.6) is 0 Å². The third kappa shape index (κ3) is 6.59. The van der Waals surface area contributed by atoms with Crippen molar-refractivity contribution in [3.05, 3.63) is 70.8 Å². The summed E-state index contributed by atoms with van der Waals surface area (Å²) in [6.07, 6.45) is 0. The van der Waals surface area contributed by atoms with E-state index >= 15 is 0 Å². The van der Waals surface area contributed by atoms with Crippen LogP contribution in [0, 0.1) is 12.1 Å². The van der Waals surface area contributed by atoms with Gasteiger partial charge in [0.1, 0.15) is 0 Å². The van der Waals surface area contributed by atoms with Gasteiger partial charge in [-0.15, -0.1) is 0 Å². The van der Waals surface area contributed by atoms with Gasteiger partial charge in [-0.05, 0) is 22.3 Å². The Labute approximate surface area is 249 Å². The van der Waals surface area contributed by atoms with Crippen LogP contribution in [0.3, 0.4) is 0 Å². The quantitative estimate of drug-likeness (QED) is 0.245.